The maximum absolute atomic E-state index is 10.7. The number of carboxylic acid groups (broad SMARTS) is 1. The maximum Gasteiger partial charge on any atom is 0.338 e. The van der Waals surface area contributed by atoms with E-state index in [4.69, 9.17) is 19.0 Å². The van der Waals surface area contributed by atoms with E-state index < -0.39 is 5.97 Å². The van der Waals surface area contributed by atoms with Gasteiger partial charge in [-0.25, -0.2) is 4.79 Å². The molecular weight excluding hydrogens is 236 g/mol. The zero-order chi connectivity index (χ0) is 13.0. The fraction of sp³-hybridized carbons (Fsp3) is 0.154. The lowest BCUT2D eigenvalue weighted by Crippen LogP contribution is -1.97. The Kier molecular flexibility index (Phi) is 3.52. The molecule has 5 heteroatoms. The predicted molar refractivity (Wildman–Crippen MR) is 63.0 cm³/mol. The fourth-order valence-electron chi connectivity index (χ4n) is 1.46. The number of hydrogen-bond acceptors (Lipinski definition) is 4. The Morgan fingerprint density at radius 1 is 1.33 bits per heavy atom. The first-order valence-corrected chi connectivity index (χ1v) is 5.27. The van der Waals surface area contributed by atoms with Gasteiger partial charge in [-0.3, -0.25) is 0 Å². The highest BCUT2D eigenvalue weighted by Crippen LogP contribution is 2.26. The number of carboxylic acids is 1. The van der Waals surface area contributed by atoms with Crippen LogP contribution in [0.15, 0.2) is 41.0 Å². The molecule has 0 atom stereocenters. The first-order valence-electron chi connectivity index (χ1n) is 5.27. The third kappa shape index (κ3) is 2.63. The van der Waals surface area contributed by atoms with Gasteiger partial charge >= 0.3 is 5.97 Å². The molecule has 1 N–H and O–H groups in total. The van der Waals surface area contributed by atoms with E-state index in [1.807, 2.05) is 12.1 Å². The van der Waals surface area contributed by atoms with Gasteiger partial charge in [0, 0.05) is 0 Å². The Balaban J connectivity index is 2.04. The lowest BCUT2D eigenvalue weighted by atomic mass is 10.3. The molecule has 0 radical (unpaired) electrons. The molecule has 18 heavy (non-hydrogen) atoms. The standard InChI is InChI=1S/C13H12O5/c1-16-11-4-2-3-5-12(11)18-8-10-6-9(7-17-10)13(14)15/h2-7H,8H2,1H3,(H,14,15). The first-order chi connectivity index (χ1) is 8.70. The van der Waals surface area contributed by atoms with E-state index >= 15 is 0 Å². The van der Waals surface area contributed by atoms with Crippen LogP contribution in [0.1, 0.15) is 16.1 Å². The minimum atomic E-state index is -1.03. The molecule has 94 valence electrons. The largest absolute Gasteiger partial charge is 0.493 e. The molecule has 0 spiro atoms. The molecule has 0 aliphatic heterocycles. The minimum Gasteiger partial charge on any atom is -0.493 e. The van der Waals surface area contributed by atoms with Crippen LogP contribution in [0.3, 0.4) is 0 Å². The summed E-state index contributed by atoms with van der Waals surface area (Å²) < 4.78 is 15.7. The summed E-state index contributed by atoms with van der Waals surface area (Å²) in [5.41, 5.74) is 0.105. The van der Waals surface area contributed by atoms with Crippen LogP contribution >= 0.6 is 0 Å². The summed E-state index contributed by atoms with van der Waals surface area (Å²) in [6.07, 6.45) is 1.18. The lowest BCUT2D eigenvalue weighted by molar-refractivity contribution is 0.0696. The normalized spacial score (nSPS) is 10.1. The van der Waals surface area contributed by atoms with Crippen molar-refractivity contribution in [3.63, 3.8) is 0 Å². The second-order valence-electron chi connectivity index (χ2n) is 3.55. The molecule has 0 aliphatic carbocycles. The Morgan fingerprint density at radius 3 is 2.67 bits per heavy atom. The zero-order valence-corrected chi connectivity index (χ0v) is 9.75. The van der Waals surface area contributed by atoms with Crippen LogP contribution in [0.2, 0.25) is 0 Å². The van der Waals surface area contributed by atoms with Gasteiger partial charge < -0.3 is 19.0 Å². The summed E-state index contributed by atoms with van der Waals surface area (Å²) in [4.78, 5) is 10.7. The van der Waals surface area contributed by atoms with Crippen LogP contribution in [0, 0.1) is 0 Å². The van der Waals surface area contributed by atoms with Crippen molar-refractivity contribution in [3.05, 3.63) is 47.9 Å². The highest BCUT2D eigenvalue weighted by atomic mass is 16.5. The second-order valence-corrected chi connectivity index (χ2v) is 3.55. The van der Waals surface area contributed by atoms with E-state index in [1.165, 1.54) is 12.3 Å². The van der Waals surface area contributed by atoms with Crippen LogP contribution in [-0.2, 0) is 6.61 Å². The van der Waals surface area contributed by atoms with Gasteiger partial charge in [0.1, 0.15) is 18.6 Å². The molecule has 0 saturated carbocycles. The number of hydrogen-bond donors (Lipinski definition) is 1. The van der Waals surface area contributed by atoms with Gasteiger partial charge in [0.05, 0.1) is 12.7 Å². The zero-order valence-electron chi connectivity index (χ0n) is 9.75. The van der Waals surface area contributed by atoms with E-state index in [0.717, 1.165) is 0 Å². The van der Waals surface area contributed by atoms with Crippen molar-refractivity contribution in [3.8, 4) is 11.5 Å². The van der Waals surface area contributed by atoms with E-state index in [2.05, 4.69) is 0 Å². The summed E-state index contributed by atoms with van der Waals surface area (Å²) in [5, 5.41) is 8.74. The predicted octanol–water partition coefficient (Wildman–Crippen LogP) is 2.57. The Hall–Kier alpha value is -2.43. The van der Waals surface area contributed by atoms with Crippen molar-refractivity contribution < 1.29 is 23.8 Å². The van der Waals surface area contributed by atoms with Crippen LogP contribution in [0.25, 0.3) is 0 Å². The summed E-state index contributed by atoms with van der Waals surface area (Å²) in [6.45, 7) is 0.146. The van der Waals surface area contributed by atoms with E-state index in [9.17, 15) is 4.79 Å². The van der Waals surface area contributed by atoms with Gasteiger partial charge in [0.15, 0.2) is 11.5 Å². The molecule has 2 rings (SSSR count). The van der Waals surface area contributed by atoms with E-state index in [1.54, 1.807) is 19.2 Å². The molecule has 0 bridgehead atoms. The number of methoxy groups -OCH3 is 1. The SMILES string of the molecule is COc1ccccc1OCc1cc(C(=O)O)co1. The number of carbonyl (C=O) groups is 1. The van der Waals surface area contributed by atoms with E-state index in [0.29, 0.717) is 17.3 Å². The average molecular weight is 248 g/mol. The van der Waals surface area contributed by atoms with Gasteiger partial charge in [-0.2, -0.15) is 0 Å². The van der Waals surface area contributed by atoms with Crippen LogP contribution < -0.4 is 9.47 Å². The molecule has 1 aromatic carbocycles. The first kappa shape index (κ1) is 12.0. The number of furan rings is 1. The number of ether oxygens (including phenoxy) is 2. The number of aromatic carboxylic acids is 1. The molecule has 0 saturated heterocycles. The monoisotopic (exact) mass is 248 g/mol. The Labute approximate surface area is 104 Å². The summed E-state index contributed by atoms with van der Waals surface area (Å²) in [7, 11) is 1.55. The van der Waals surface area contributed by atoms with Gasteiger partial charge in [-0.1, -0.05) is 12.1 Å². The third-order valence-electron chi connectivity index (χ3n) is 2.34. The highest BCUT2D eigenvalue weighted by Gasteiger charge is 2.09. The summed E-state index contributed by atoms with van der Waals surface area (Å²) in [6, 6.07) is 8.63. The van der Waals surface area contributed by atoms with Gasteiger partial charge in [0.25, 0.3) is 0 Å². The number of rotatable bonds is 5. The smallest absolute Gasteiger partial charge is 0.338 e. The second kappa shape index (κ2) is 5.27. The van der Waals surface area contributed by atoms with E-state index in [-0.39, 0.29) is 12.2 Å². The fourth-order valence-corrected chi connectivity index (χ4v) is 1.46. The number of para-hydroxylation sites is 2. The van der Waals surface area contributed by atoms with Gasteiger partial charge in [-0.05, 0) is 18.2 Å². The number of benzene rings is 1. The topological polar surface area (TPSA) is 68.9 Å². The highest BCUT2D eigenvalue weighted by molar-refractivity contribution is 5.87. The molecule has 5 nitrogen and oxygen atoms in total. The molecular formula is C13H12O5. The third-order valence-corrected chi connectivity index (χ3v) is 2.34. The average Bonchev–Trinajstić information content (AvgIpc) is 2.85. The van der Waals surface area contributed by atoms with Crippen molar-refractivity contribution in [2.24, 2.45) is 0 Å². The molecule has 2 aromatic rings. The maximum atomic E-state index is 10.7. The summed E-state index contributed by atoms with van der Waals surface area (Å²) >= 11 is 0. The van der Waals surface area contributed by atoms with Crippen LogP contribution in [-0.4, -0.2) is 18.2 Å². The molecule has 0 amide bonds. The van der Waals surface area contributed by atoms with Crippen molar-refractivity contribution in [2.75, 3.05) is 7.11 Å². The Bertz CT molecular complexity index is 544. The molecule has 1 heterocycles. The minimum absolute atomic E-state index is 0.105. The Morgan fingerprint density at radius 2 is 2.06 bits per heavy atom. The van der Waals surface area contributed by atoms with Crippen LogP contribution in [0.4, 0.5) is 0 Å². The quantitative estimate of drug-likeness (QED) is 0.880. The molecule has 0 unspecified atom stereocenters. The van der Waals surface area contributed by atoms with Crippen molar-refractivity contribution >= 4 is 5.97 Å². The molecule has 0 fully saturated rings. The van der Waals surface area contributed by atoms with Gasteiger partial charge in [0.2, 0.25) is 0 Å². The van der Waals surface area contributed by atoms with Gasteiger partial charge in [-0.15, -0.1) is 0 Å². The molecule has 1 aromatic heterocycles. The van der Waals surface area contributed by atoms with Crippen molar-refractivity contribution in [2.45, 2.75) is 6.61 Å². The summed E-state index contributed by atoms with van der Waals surface area (Å²) in [5.74, 6) is 0.608. The lowest BCUT2D eigenvalue weighted by Gasteiger charge is -2.08. The molecule has 0 aliphatic rings. The van der Waals surface area contributed by atoms with Crippen molar-refractivity contribution in [1.82, 2.24) is 0 Å². The van der Waals surface area contributed by atoms with Crippen LogP contribution in [0.5, 0.6) is 11.5 Å². The van der Waals surface area contributed by atoms with Crippen molar-refractivity contribution in [1.29, 1.82) is 0 Å².